The Morgan fingerprint density at radius 1 is 0.943 bits per heavy atom. The molecule has 1 atom stereocenters. The van der Waals surface area contributed by atoms with Crippen LogP contribution >= 0.6 is 0 Å². The van der Waals surface area contributed by atoms with Crippen LogP contribution in [-0.4, -0.2) is 39.6 Å². The molecule has 10 nitrogen and oxygen atoms in total. The summed E-state index contributed by atoms with van der Waals surface area (Å²) < 4.78 is 5.18. The van der Waals surface area contributed by atoms with E-state index in [4.69, 9.17) is 4.74 Å². The summed E-state index contributed by atoms with van der Waals surface area (Å²) in [5.74, 6) is -2.27. The number of nitro groups is 1. The molecule has 1 aliphatic rings. The van der Waals surface area contributed by atoms with Gasteiger partial charge >= 0.3 is 5.97 Å². The van der Waals surface area contributed by atoms with Gasteiger partial charge in [0.1, 0.15) is 5.69 Å². The highest BCUT2D eigenvalue weighted by Crippen LogP contribution is 2.25. The first-order valence-corrected chi connectivity index (χ1v) is 10.6. The zero-order valence-electron chi connectivity index (χ0n) is 18.5. The lowest BCUT2D eigenvalue weighted by Crippen LogP contribution is -2.30. The van der Waals surface area contributed by atoms with Crippen molar-refractivity contribution in [2.75, 3.05) is 5.32 Å². The molecule has 3 aromatic carbocycles. The van der Waals surface area contributed by atoms with Crippen molar-refractivity contribution in [2.45, 2.75) is 19.6 Å². The van der Waals surface area contributed by atoms with Crippen LogP contribution in [0.1, 0.15) is 43.6 Å². The van der Waals surface area contributed by atoms with Gasteiger partial charge < -0.3 is 10.1 Å². The van der Waals surface area contributed by atoms with Crippen LogP contribution < -0.4 is 5.32 Å². The normalized spacial score (nSPS) is 13.2. The SMILES string of the molecule is CC(OC(=O)c1ccc(CN2C(=O)c3ccccc3C2=O)cc1)C(=O)Nc1ccccc1[N+](=O)[O-]. The van der Waals surface area contributed by atoms with Gasteiger partial charge in [0.25, 0.3) is 23.4 Å². The monoisotopic (exact) mass is 473 g/mol. The molecule has 0 fully saturated rings. The maximum atomic E-state index is 12.5. The number of carbonyl (C=O) groups is 4. The molecule has 0 saturated carbocycles. The summed E-state index contributed by atoms with van der Waals surface area (Å²) in [5.41, 5.74) is 1.19. The number of nitrogens with one attached hydrogen (secondary N) is 1. The second-order valence-corrected chi connectivity index (χ2v) is 7.75. The number of carbonyl (C=O) groups excluding carboxylic acids is 4. The fourth-order valence-electron chi connectivity index (χ4n) is 3.57. The summed E-state index contributed by atoms with van der Waals surface area (Å²) in [6.45, 7) is 1.38. The molecule has 1 N–H and O–H groups in total. The minimum atomic E-state index is -1.22. The van der Waals surface area contributed by atoms with E-state index in [-0.39, 0.29) is 35.3 Å². The number of hydrogen-bond acceptors (Lipinski definition) is 7. The smallest absolute Gasteiger partial charge is 0.338 e. The van der Waals surface area contributed by atoms with Crippen molar-refractivity contribution in [3.05, 3.63) is 105 Å². The van der Waals surface area contributed by atoms with E-state index >= 15 is 0 Å². The quantitative estimate of drug-likeness (QED) is 0.240. The number of para-hydroxylation sites is 2. The Hall–Kier alpha value is -4.86. The molecule has 3 amide bonds. The van der Waals surface area contributed by atoms with E-state index in [1.807, 2.05) is 0 Å². The summed E-state index contributed by atoms with van der Waals surface area (Å²) >= 11 is 0. The Kier molecular flexibility index (Phi) is 6.36. The van der Waals surface area contributed by atoms with Gasteiger partial charge in [0.05, 0.1) is 28.2 Å². The van der Waals surface area contributed by atoms with E-state index in [2.05, 4.69) is 5.32 Å². The molecule has 0 radical (unpaired) electrons. The predicted octanol–water partition coefficient (Wildman–Crippen LogP) is 3.58. The zero-order valence-corrected chi connectivity index (χ0v) is 18.5. The summed E-state index contributed by atoms with van der Waals surface area (Å²) in [6.07, 6.45) is -1.22. The number of fused-ring (bicyclic) bond motifs is 1. The van der Waals surface area contributed by atoms with Gasteiger partial charge in [0, 0.05) is 6.07 Å². The number of benzene rings is 3. The maximum absolute atomic E-state index is 12.5. The number of amides is 3. The van der Waals surface area contributed by atoms with Crippen molar-refractivity contribution in [2.24, 2.45) is 0 Å². The van der Waals surface area contributed by atoms with Gasteiger partial charge in [-0.05, 0) is 42.8 Å². The van der Waals surface area contributed by atoms with Gasteiger partial charge in [0.2, 0.25) is 0 Å². The van der Waals surface area contributed by atoms with Gasteiger partial charge in [-0.1, -0.05) is 36.4 Å². The van der Waals surface area contributed by atoms with Gasteiger partial charge in [-0.15, -0.1) is 0 Å². The lowest BCUT2D eigenvalue weighted by Gasteiger charge is -2.15. The Bertz CT molecular complexity index is 1320. The van der Waals surface area contributed by atoms with E-state index in [9.17, 15) is 29.3 Å². The van der Waals surface area contributed by atoms with Gasteiger partial charge in [-0.25, -0.2) is 4.79 Å². The number of imide groups is 1. The minimum Gasteiger partial charge on any atom is -0.449 e. The second kappa shape index (κ2) is 9.56. The average molecular weight is 473 g/mol. The van der Waals surface area contributed by atoms with Crippen molar-refractivity contribution in [3.8, 4) is 0 Å². The number of esters is 1. The number of nitro benzene ring substituents is 1. The molecule has 176 valence electrons. The standard InChI is InChI=1S/C25H19N3O7/c1-15(22(29)26-20-8-4-5-9-21(20)28(33)34)35-25(32)17-12-10-16(11-13-17)14-27-23(30)18-6-2-3-7-19(18)24(27)31/h2-13,15H,14H2,1H3,(H,26,29). The molecular weight excluding hydrogens is 454 g/mol. The highest BCUT2D eigenvalue weighted by atomic mass is 16.6. The molecule has 1 heterocycles. The van der Waals surface area contributed by atoms with Gasteiger partial charge in [-0.3, -0.25) is 29.4 Å². The first-order valence-electron chi connectivity index (χ1n) is 10.6. The van der Waals surface area contributed by atoms with Crippen LogP contribution in [0.25, 0.3) is 0 Å². The van der Waals surface area contributed by atoms with E-state index in [1.165, 1.54) is 43.3 Å². The van der Waals surface area contributed by atoms with Crippen LogP contribution in [0, 0.1) is 10.1 Å². The Labute approximate surface area is 199 Å². The number of rotatable bonds is 7. The fraction of sp³-hybridized carbons (Fsp3) is 0.120. The van der Waals surface area contributed by atoms with Crippen LogP contribution in [0.15, 0.2) is 72.8 Å². The number of anilines is 1. The van der Waals surface area contributed by atoms with Crippen molar-refractivity contribution < 1.29 is 28.8 Å². The molecule has 1 unspecified atom stereocenters. The number of hydrogen-bond donors (Lipinski definition) is 1. The first-order chi connectivity index (χ1) is 16.8. The third-order valence-corrected chi connectivity index (χ3v) is 5.42. The van der Waals surface area contributed by atoms with Crippen molar-refractivity contribution in [3.63, 3.8) is 0 Å². The third kappa shape index (κ3) is 4.76. The predicted molar refractivity (Wildman–Crippen MR) is 124 cm³/mol. The van der Waals surface area contributed by atoms with Crippen molar-refractivity contribution in [1.29, 1.82) is 0 Å². The minimum absolute atomic E-state index is 0.0112. The largest absolute Gasteiger partial charge is 0.449 e. The molecule has 0 aliphatic carbocycles. The van der Waals surface area contributed by atoms with Crippen LogP contribution in [0.2, 0.25) is 0 Å². The summed E-state index contributed by atoms with van der Waals surface area (Å²) in [7, 11) is 0. The van der Waals surface area contributed by atoms with E-state index in [1.54, 1.807) is 36.4 Å². The maximum Gasteiger partial charge on any atom is 0.338 e. The van der Waals surface area contributed by atoms with Crippen LogP contribution in [0.5, 0.6) is 0 Å². The van der Waals surface area contributed by atoms with Crippen molar-refractivity contribution >= 4 is 35.1 Å². The summed E-state index contributed by atoms with van der Waals surface area (Å²) in [5, 5.41) is 13.5. The van der Waals surface area contributed by atoms with E-state index in [0.717, 1.165) is 4.90 Å². The molecule has 10 heteroatoms. The molecule has 3 aromatic rings. The molecule has 0 saturated heterocycles. The molecule has 35 heavy (non-hydrogen) atoms. The van der Waals surface area contributed by atoms with Crippen molar-refractivity contribution in [1.82, 2.24) is 4.90 Å². The molecular formula is C25H19N3O7. The number of ether oxygens (including phenoxy) is 1. The van der Waals surface area contributed by atoms with E-state index in [0.29, 0.717) is 16.7 Å². The molecule has 4 rings (SSSR count). The molecule has 0 aromatic heterocycles. The van der Waals surface area contributed by atoms with E-state index < -0.39 is 22.9 Å². The van der Waals surface area contributed by atoms with Gasteiger partial charge in [0.15, 0.2) is 6.10 Å². The average Bonchev–Trinajstić information content (AvgIpc) is 3.09. The first kappa shape index (κ1) is 23.3. The highest BCUT2D eigenvalue weighted by Gasteiger charge is 2.35. The Morgan fingerprint density at radius 2 is 1.51 bits per heavy atom. The summed E-state index contributed by atoms with van der Waals surface area (Å²) in [6, 6.07) is 18.3. The zero-order chi connectivity index (χ0) is 25.1. The topological polar surface area (TPSA) is 136 Å². The number of nitrogens with zero attached hydrogens (tertiary/aromatic N) is 2. The van der Waals surface area contributed by atoms with Gasteiger partial charge in [-0.2, -0.15) is 0 Å². The van der Waals surface area contributed by atoms with Crippen LogP contribution in [-0.2, 0) is 16.1 Å². The van der Waals surface area contributed by atoms with Crippen LogP contribution in [0.3, 0.4) is 0 Å². The molecule has 1 aliphatic heterocycles. The highest BCUT2D eigenvalue weighted by molar-refractivity contribution is 6.21. The lowest BCUT2D eigenvalue weighted by molar-refractivity contribution is -0.383. The fourth-order valence-corrected chi connectivity index (χ4v) is 3.57. The van der Waals surface area contributed by atoms with Crippen LogP contribution in [0.4, 0.5) is 11.4 Å². The lowest BCUT2D eigenvalue weighted by atomic mass is 10.1. The Balaban J connectivity index is 1.37. The summed E-state index contributed by atoms with van der Waals surface area (Å²) in [4.78, 5) is 61.5. The molecule has 0 spiro atoms. The Morgan fingerprint density at radius 3 is 2.11 bits per heavy atom. The second-order valence-electron chi connectivity index (χ2n) is 7.75. The third-order valence-electron chi connectivity index (χ3n) is 5.42. The molecule has 0 bridgehead atoms.